The molecule has 19 heavy (non-hydrogen) atoms. The zero-order valence-electron chi connectivity index (χ0n) is 12.1. The number of aryl methyl sites for hydroxylation is 2. The summed E-state index contributed by atoms with van der Waals surface area (Å²) in [6.07, 6.45) is 1.63. The van der Waals surface area contributed by atoms with Crippen molar-refractivity contribution in [3.63, 3.8) is 0 Å². The van der Waals surface area contributed by atoms with Crippen LogP contribution in [0.1, 0.15) is 30.8 Å². The summed E-state index contributed by atoms with van der Waals surface area (Å²) in [4.78, 5) is 4.33. The molecule has 1 aromatic carbocycles. The lowest BCUT2D eigenvalue weighted by Crippen LogP contribution is -2.13. The molecule has 2 rings (SSSR count). The highest BCUT2D eigenvalue weighted by Crippen LogP contribution is 2.17. The number of benzene rings is 1. The van der Waals surface area contributed by atoms with Crippen molar-refractivity contribution < 1.29 is 0 Å². The van der Waals surface area contributed by atoms with Crippen molar-refractivity contribution in [1.29, 1.82) is 0 Å². The molecule has 0 amide bonds. The highest BCUT2D eigenvalue weighted by molar-refractivity contribution is 5.52. The Labute approximate surface area is 114 Å². The fraction of sp³-hybridized carbons (Fsp3) is 0.467. The first-order valence-electron chi connectivity index (χ1n) is 6.74. The monoisotopic (exact) mass is 258 g/mol. The minimum Gasteiger partial charge on any atom is -0.378 e. The lowest BCUT2D eigenvalue weighted by Gasteiger charge is -2.12. The Balaban J connectivity index is 2.06. The summed E-state index contributed by atoms with van der Waals surface area (Å²) in [5, 5.41) is 7.72. The lowest BCUT2D eigenvalue weighted by atomic mass is 10.1. The molecule has 1 heterocycles. The van der Waals surface area contributed by atoms with Crippen molar-refractivity contribution in [3.05, 3.63) is 41.5 Å². The van der Waals surface area contributed by atoms with E-state index in [1.54, 1.807) is 6.33 Å². The maximum atomic E-state index is 4.33. The van der Waals surface area contributed by atoms with E-state index in [0.29, 0.717) is 12.5 Å². The molecule has 0 unspecified atom stereocenters. The van der Waals surface area contributed by atoms with E-state index < -0.39 is 0 Å². The van der Waals surface area contributed by atoms with Gasteiger partial charge in [0.25, 0.3) is 0 Å². The molecule has 0 radical (unpaired) electrons. The van der Waals surface area contributed by atoms with E-state index in [-0.39, 0.29) is 0 Å². The Kier molecular flexibility index (Phi) is 4.20. The van der Waals surface area contributed by atoms with Crippen LogP contribution in [0.5, 0.6) is 0 Å². The molecular formula is C15H22N4. The fourth-order valence-electron chi connectivity index (χ4n) is 2.02. The van der Waals surface area contributed by atoms with Crippen LogP contribution in [0.15, 0.2) is 24.5 Å². The van der Waals surface area contributed by atoms with Crippen LogP contribution in [-0.4, -0.2) is 14.8 Å². The predicted molar refractivity (Wildman–Crippen MR) is 78.1 cm³/mol. The Morgan fingerprint density at radius 1 is 1.26 bits per heavy atom. The largest absolute Gasteiger partial charge is 0.378 e. The molecule has 4 nitrogen and oxygen atoms in total. The Morgan fingerprint density at radius 3 is 2.79 bits per heavy atom. The molecule has 0 saturated carbocycles. The van der Waals surface area contributed by atoms with Crippen molar-refractivity contribution in [2.24, 2.45) is 5.92 Å². The summed E-state index contributed by atoms with van der Waals surface area (Å²) in [7, 11) is 0. The summed E-state index contributed by atoms with van der Waals surface area (Å²) in [6, 6.07) is 6.43. The minimum absolute atomic E-state index is 0.571. The van der Waals surface area contributed by atoms with Crippen LogP contribution in [0.2, 0.25) is 0 Å². The van der Waals surface area contributed by atoms with Crippen LogP contribution in [0.4, 0.5) is 5.69 Å². The third-order valence-corrected chi connectivity index (χ3v) is 3.06. The normalized spacial score (nSPS) is 11.0. The van der Waals surface area contributed by atoms with Gasteiger partial charge >= 0.3 is 0 Å². The molecule has 0 aliphatic rings. The standard InChI is InChI=1S/C15H22N4/c1-11(2)9-19-15(17-10-18-19)8-16-14-7-12(3)5-6-13(14)4/h5-7,10-11,16H,8-9H2,1-4H3. The summed E-state index contributed by atoms with van der Waals surface area (Å²) in [5.41, 5.74) is 3.68. The average Bonchev–Trinajstić information content (AvgIpc) is 2.77. The summed E-state index contributed by atoms with van der Waals surface area (Å²) in [6.45, 7) is 10.2. The Hall–Kier alpha value is -1.84. The third-order valence-electron chi connectivity index (χ3n) is 3.06. The average molecular weight is 258 g/mol. The SMILES string of the molecule is Cc1ccc(C)c(NCc2ncnn2CC(C)C)c1. The molecule has 1 N–H and O–H groups in total. The number of nitrogens with one attached hydrogen (secondary N) is 1. The predicted octanol–water partition coefficient (Wildman–Crippen LogP) is 3.16. The molecule has 2 aromatic rings. The minimum atomic E-state index is 0.571. The number of anilines is 1. The van der Waals surface area contributed by atoms with E-state index in [9.17, 15) is 0 Å². The highest BCUT2D eigenvalue weighted by atomic mass is 15.3. The van der Waals surface area contributed by atoms with Crippen molar-refractivity contribution in [2.75, 3.05) is 5.32 Å². The highest BCUT2D eigenvalue weighted by Gasteiger charge is 2.06. The zero-order chi connectivity index (χ0) is 13.8. The summed E-state index contributed by atoms with van der Waals surface area (Å²) >= 11 is 0. The van der Waals surface area contributed by atoms with Crippen molar-refractivity contribution in [3.8, 4) is 0 Å². The molecule has 0 atom stereocenters. The second-order valence-electron chi connectivity index (χ2n) is 5.42. The van der Waals surface area contributed by atoms with E-state index in [0.717, 1.165) is 12.4 Å². The van der Waals surface area contributed by atoms with Crippen molar-refractivity contribution in [2.45, 2.75) is 40.8 Å². The van der Waals surface area contributed by atoms with Gasteiger partial charge in [-0.1, -0.05) is 26.0 Å². The van der Waals surface area contributed by atoms with Gasteiger partial charge in [-0.05, 0) is 37.0 Å². The summed E-state index contributed by atoms with van der Waals surface area (Å²) in [5.74, 6) is 1.55. The van der Waals surface area contributed by atoms with Gasteiger partial charge in [0.05, 0.1) is 6.54 Å². The van der Waals surface area contributed by atoms with E-state index in [1.165, 1.54) is 16.8 Å². The molecule has 4 heteroatoms. The smallest absolute Gasteiger partial charge is 0.146 e. The van der Waals surface area contributed by atoms with Gasteiger partial charge in [-0.2, -0.15) is 5.10 Å². The van der Waals surface area contributed by atoms with Gasteiger partial charge in [0.1, 0.15) is 12.2 Å². The molecule has 0 spiro atoms. The van der Waals surface area contributed by atoms with Gasteiger partial charge in [0.2, 0.25) is 0 Å². The van der Waals surface area contributed by atoms with Gasteiger partial charge in [-0.25, -0.2) is 9.67 Å². The second-order valence-corrected chi connectivity index (χ2v) is 5.42. The first kappa shape index (κ1) is 13.6. The van der Waals surface area contributed by atoms with Crippen LogP contribution < -0.4 is 5.32 Å². The first-order valence-corrected chi connectivity index (χ1v) is 6.74. The van der Waals surface area contributed by atoms with Gasteiger partial charge in [0.15, 0.2) is 0 Å². The first-order chi connectivity index (χ1) is 9.06. The molecule has 102 valence electrons. The zero-order valence-corrected chi connectivity index (χ0v) is 12.1. The number of aromatic nitrogens is 3. The second kappa shape index (κ2) is 5.87. The van der Waals surface area contributed by atoms with Gasteiger partial charge < -0.3 is 5.32 Å². The van der Waals surface area contributed by atoms with E-state index >= 15 is 0 Å². The fourth-order valence-corrected chi connectivity index (χ4v) is 2.02. The van der Waals surface area contributed by atoms with Crippen LogP contribution in [0, 0.1) is 19.8 Å². The molecule has 0 aliphatic heterocycles. The van der Waals surface area contributed by atoms with Crippen molar-refractivity contribution >= 4 is 5.69 Å². The number of nitrogens with zero attached hydrogens (tertiary/aromatic N) is 3. The van der Waals surface area contributed by atoms with E-state index in [1.807, 2.05) is 4.68 Å². The van der Waals surface area contributed by atoms with Crippen LogP contribution in [0.25, 0.3) is 0 Å². The third kappa shape index (κ3) is 3.56. The van der Waals surface area contributed by atoms with Crippen LogP contribution in [0.3, 0.4) is 0 Å². The van der Waals surface area contributed by atoms with Gasteiger partial charge in [0, 0.05) is 12.2 Å². The Morgan fingerprint density at radius 2 is 2.05 bits per heavy atom. The Bertz CT molecular complexity index is 543. The number of rotatable bonds is 5. The van der Waals surface area contributed by atoms with E-state index in [4.69, 9.17) is 0 Å². The topological polar surface area (TPSA) is 42.7 Å². The molecular weight excluding hydrogens is 236 g/mol. The van der Waals surface area contributed by atoms with E-state index in [2.05, 4.69) is 61.3 Å². The number of hydrogen-bond donors (Lipinski definition) is 1. The molecule has 0 bridgehead atoms. The molecule has 0 fully saturated rings. The van der Waals surface area contributed by atoms with Crippen LogP contribution in [-0.2, 0) is 13.1 Å². The van der Waals surface area contributed by atoms with Gasteiger partial charge in [-0.15, -0.1) is 0 Å². The maximum Gasteiger partial charge on any atom is 0.146 e. The van der Waals surface area contributed by atoms with Gasteiger partial charge in [-0.3, -0.25) is 0 Å². The number of hydrogen-bond acceptors (Lipinski definition) is 3. The molecule has 0 aliphatic carbocycles. The quantitative estimate of drug-likeness (QED) is 0.895. The molecule has 1 aromatic heterocycles. The van der Waals surface area contributed by atoms with Crippen LogP contribution >= 0.6 is 0 Å². The summed E-state index contributed by atoms with van der Waals surface area (Å²) < 4.78 is 1.97. The molecule has 0 saturated heterocycles. The van der Waals surface area contributed by atoms with Crippen molar-refractivity contribution in [1.82, 2.24) is 14.8 Å². The maximum absolute atomic E-state index is 4.33. The lowest BCUT2D eigenvalue weighted by molar-refractivity contribution is 0.468.